The highest BCUT2D eigenvalue weighted by molar-refractivity contribution is 6.08. The summed E-state index contributed by atoms with van der Waals surface area (Å²) in [5.41, 5.74) is 2.63. The molecule has 1 unspecified atom stereocenters. The number of nitrogens with one attached hydrogen (secondary N) is 3. The topological polar surface area (TPSA) is 125 Å². The van der Waals surface area contributed by atoms with E-state index in [4.69, 9.17) is 0 Å². The number of fused-ring (bicyclic) bond motifs is 1. The van der Waals surface area contributed by atoms with Crippen LogP contribution in [0.1, 0.15) is 53.0 Å². The molecule has 33 heavy (non-hydrogen) atoms. The molecule has 9 heteroatoms. The van der Waals surface area contributed by atoms with Crippen molar-refractivity contribution < 1.29 is 24.0 Å². The van der Waals surface area contributed by atoms with Gasteiger partial charge in [-0.25, -0.2) is 0 Å². The van der Waals surface area contributed by atoms with E-state index in [9.17, 15) is 24.0 Å². The summed E-state index contributed by atoms with van der Waals surface area (Å²) in [5, 5.41) is 7.82. The van der Waals surface area contributed by atoms with Crippen molar-refractivity contribution in [2.24, 2.45) is 5.92 Å². The first kappa shape index (κ1) is 22.2. The average molecular weight is 448 g/mol. The summed E-state index contributed by atoms with van der Waals surface area (Å²) in [6.07, 6.45) is 0.486. The molecule has 2 aliphatic rings. The minimum Gasteiger partial charge on any atom is -0.326 e. The number of rotatable bonds is 5. The van der Waals surface area contributed by atoms with Crippen LogP contribution in [-0.4, -0.2) is 40.5 Å². The quantitative estimate of drug-likeness (QED) is 0.606. The molecule has 5 amide bonds. The van der Waals surface area contributed by atoms with Gasteiger partial charge in [-0.05, 0) is 48.4 Å². The Balaban J connectivity index is 1.43. The average Bonchev–Trinajstić information content (AvgIpc) is 3.10. The molecule has 1 atom stereocenters. The lowest BCUT2D eigenvalue weighted by Gasteiger charge is -2.29. The third-order valence-electron chi connectivity index (χ3n) is 5.73. The largest absolute Gasteiger partial charge is 0.326 e. The van der Waals surface area contributed by atoms with Crippen LogP contribution in [0.25, 0.3) is 0 Å². The van der Waals surface area contributed by atoms with Gasteiger partial charge in [-0.3, -0.25) is 29.3 Å². The van der Waals surface area contributed by atoms with E-state index >= 15 is 0 Å². The molecule has 1 fully saturated rings. The van der Waals surface area contributed by atoms with Gasteiger partial charge in [0.05, 0.1) is 0 Å². The fraction of sp³-hybridized carbons (Fsp3) is 0.292. The number of amides is 5. The van der Waals surface area contributed by atoms with Crippen LogP contribution in [0, 0.1) is 5.92 Å². The Kier molecular flexibility index (Phi) is 5.95. The molecule has 3 N–H and O–H groups in total. The second-order valence-corrected chi connectivity index (χ2v) is 8.45. The number of hydrogen-bond donors (Lipinski definition) is 3. The molecular weight excluding hydrogens is 424 g/mol. The highest BCUT2D eigenvalue weighted by atomic mass is 16.2. The second kappa shape index (κ2) is 8.85. The molecule has 2 heterocycles. The van der Waals surface area contributed by atoms with Crippen LogP contribution in [0.5, 0.6) is 0 Å². The van der Waals surface area contributed by atoms with Gasteiger partial charge in [0.25, 0.3) is 11.8 Å². The van der Waals surface area contributed by atoms with E-state index < -0.39 is 11.9 Å². The van der Waals surface area contributed by atoms with Gasteiger partial charge >= 0.3 is 0 Å². The van der Waals surface area contributed by atoms with Crippen molar-refractivity contribution in [3.8, 4) is 0 Å². The summed E-state index contributed by atoms with van der Waals surface area (Å²) >= 11 is 0. The first-order valence-electron chi connectivity index (χ1n) is 10.7. The van der Waals surface area contributed by atoms with E-state index in [2.05, 4.69) is 16.0 Å². The summed E-state index contributed by atoms with van der Waals surface area (Å²) in [5.74, 6) is -1.72. The Bertz CT molecular complexity index is 1160. The predicted molar refractivity (Wildman–Crippen MR) is 120 cm³/mol. The molecular formula is C24H24N4O5. The van der Waals surface area contributed by atoms with Gasteiger partial charge in [0.15, 0.2) is 0 Å². The summed E-state index contributed by atoms with van der Waals surface area (Å²) in [7, 11) is 0. The molecule has 0 aromatic heterocycles. The third-order valence-corrected chi connectivity index (χ3v) is 5.73. The van der Waals surface area contributed by atoms with Crippen LogP contribution in [0.2, 0.25) is 0 Å². The van der Waals surface area contributed by atoms with Crippen molar-refractivity contribution in [3.63, 3.8) is 0 Å². The molecule has 2 aromatic carbocycles. The minimum atomic E-state index is -0.685. The molecule has 2 aromatic rings. The van der Waals surface area contributed by atoms with Crippen molar-refractivity contribution in [1.82, 2.24) is 10.2 Å². The van der Waals surface area contributed by atoms with E-state index in [1.54, 1.807) is 56.3 Å². The molecule has 4 rings (SSSR count). The zero-order valence-corrected chi connectivity index (χ0v) is 18.3. The zero-order chi connectivity index (χ0) is 23.7. The van der Waals surface area contributed by atoms with E-state index in [-0.39, 0.29) is 42.5 Å². The third kappa shape index (κ3) is 4.62. The van der Waals surface area contributed by atoms with Crippen molar-refractivity contribution >= 4 is 40.9 Å². The van der Waals surface area contributed by atoms with E-state index in [0.717, 1.165) is 5.56 Å². The molecule has 0 aliphatic carbocycles. The summed E-state index contributed by atoms with van der Waals surface area (Å²) in [6, 6.07) is 10.9. The Morgan fingerprint density at radius 2 is 1.70 bits per heavy atom. The number of imide groups is 1. The normalized spacial score (nSPS) is 17.6. The van der Waals surface area contributed by atoms with E-state index in [0.29, 0.717) is 28.9 Å². The molecule has 9 nitrogen and oxygen atoms in total. The summed E-state index contributed by atoms with van der Waals surface area (Å²) in [6.45, 7) is 3.86. The second-order valence-electron chi connectivity index (χ2n) is 8.45. The lowest BCUT2D eigenvalue weighted by atomic mass is 10.0. The number of carbonyl (C=O) groups is 5. The Morgan fingerprint density at radius 1 is 1.00 bits per heavy atom. The van der Waals surface area contributed by atoms with E-state index in [1.807, 2.05) is 0 Å². The first-order valence-corrected chi connectivity index (χ1v) is 10.7. The van der Waals surface area contributed by atoms with Gasteiger partial charge < -0.3 is 15.5 Å². The van der Waals surface area contributed by atoms with Gasteiger partial charge in [-0.1, -0.05) is 19.9 Å². The molecule has 0 spiro atoms. The maximum atomic E-state index is 12.9. The molecule has 0 radical (unpaired) electrons. The van der Waals surface area contributed by atoms with Crippen molar-refractivity contribution in [3.05, 3.63) is 59.2 Å². The standard InChI is InChI=1S/C24H24N4O5/c1-13(2)21(30)25-16-6-3-14(4-7-16)22(31)26-17-8-5-15-12-28(24(33)18(15)11-17)19-9-10-20(29)27-23(19)32/h3-8,11,13,19H,9-10,12H2,1-2H3,(H,25,30)(H,26,31)(H,27,29,32). The zero-order valence-electron chi connectivity index (χ0n) is 18.3. The first-order chi connectivity index (χ1) is 15.7. The smallest absolute Gasteiger partial charge is 0.255 e. The van der Waals surface area contributed by atoms with Crippen molar-refractivity contribution in [2.45, 2.75) is 39.3 Å². The maximum Gasteiger partial charge on any atom is 0.255 e. The highest BCUT2D eigenvalue weighted by Crippen LogP contribution is 2.29. The number of nitrogens with zero attached hydrogens (tertiary/aromatic N) is 1. The fourth-order valence-electron chi connectivity index (χ4n) is 3.83. The lowest BCUT2D eigenvalue weighted by Crippen LogP contribution is -2.52. The van der Waals surface area contributed by atoms with Crippen molar-refractivity contribution in [2.75, 3.05) is 10.6 Å². The number of hydrogen-bond acceptors (Lipinski definition) is 5. The van der Waals surface area contributed by atoms with Crippen LogP contribution in [-0.2, 0) is 20.9 Å². The SMILES string of the molecule is CC(C)C(=O)Nc1ccc(C(=O)Nc2ccc3c(c2)C(=O)N(C2CCC(=O)NC2=O)C3)cc1. The van der Waals surface area contributed by atoms with Gasteiger partial charge in [0, 0.05) is 41.4 Å². The number of carbonyl (C=O) groups excluding carboxylic acids is 5. The van der Waals surface area contributed by atoms with Crippen LogP contribution in [0.15, 0.2) is 42.5 Å². The molecule has 1 saturated heterocycles. The van der Waals surface area contributed by atoms with Crippen LogP contribution < -0.4 is 16.0 Å². The van der Waals surface area contributed by atoms with Crippen LogP contribution in [0.4, 0.5) is 11.4 Å². The molecule has 0 saturated carbocycles. The number of benzene rings is 2. The Labute approximate surface area is 190 Å². The summed E-state index contributed by atoms with van der Waals surface area (Å²) < 4.78 is 0. The predicted octanol–water partition coefficient (Wildman–Crippen LogP) is 2.29. The fourth-order valence-corrected chi connectivity index (χ4v) is 3.83. The van der Waals surface area contributed by atoms with Crippen LogP contribution >= 0.6 is 0 Å². The van der Waals surface area contributed by atoms with Crippen molar-refractivity contribution in [1.29, 1.82) is 0 Å². The molecule has 170 valence electrons. The molecule has 0 bridgehead atoms. The van der Waals surface area contributed by atoms with Gasteiger partial charge in [0.2, 0.25) is 17.7 Å². The monoisotopic (exact) mass is 448 g/mol. The Hall–Kier alpha value is -4.01. The highest BCUT2D eigenvalue weighted by Gasteiger charge is 2.39. The maximum absolute atomic E-state index is 12.9. The number of piperidine rings is 1. The van der Waals surface area contributed by atoms with Gasteiger partial charge in [0.1, 0.15) is 6.04 Å². The molecule has 2 aliphatic heterocycles. The lowest BCUT2D eigenvalue weighted by molar-refractivity contribution is -0.137. The summed E-state index contributed by atoms with van der Waals surface area (Å²) in [4.78, 5) is 62.4. The van der Waals surface area contributed by atoms with Crippen LogP contribution in [0.3, 0.4) is 0 Å². The number of anilines is 2. The van der Waals surface area contributed by atoms with Gasteiger partial charge in [-0.15, -0.1) is 0 Å². The van der Waals surface area contributed by atoms with E-state index in [1.165, 1.54) is 4.90 Å². The van der Waals surface area contributed by atoms with Gasteiger partial charge in [-0.2, -0.15) is 0 Å². The minimum absolute atomic E-state index is 0.110. The Morgan fingerprint density at radius 3 is 2.36 bits per heavy atom.